The second-order valence-electron chi connectivity index (χ2n) is 6.52. The Labute approximate surface area is 125 Å². The van der Waals surface area contributed by atoms with Crippen LogP contribution in [0, 0.1) is 5.41 Å². The number of hydrogen-bond acceptors (Lipinski definition) is 4. The maximum Gasteiger partial charge on any atom is 0.331 e. The van der Waals surface area contributed by atoms with E-state index in [0.717, 1.165) is 25.8 Å². The summed E-state index contributed by atoms with van der Waals surface area (Å²) in [7, 11) is 3.91. The molecule has 0 aromatic carbocycles. The van der Waals surface area contributed by atoms with Crippen LogP contribution >= 0.6 is 0 Å². The average molecular weight is 295 g/mol. The Balaban J connectivity index is 2.18. The van der Waals surface area contributed by atoms with E-state index in [1.807, 2.05) is 25.9 Å². The molecule has 0 bridgehead atoms. The van der Waals surface area contributed by atoms with Crippen molar-refractivity contribution in [1.29, 1.82) is 0 Å². The number of carbonyl (C=O) groups excluding carboxylic acids is 3. The molecule has 1 saturated heterocycles. The number of hydrogen-bond donors (Lipinski definition) is 1. The Kier molecular flexibility index (Phi) is 4.66. The molecule has 1 saturated carbocycles. The van der Waals surface area contributed by atoms with Gasteiger partial charge in [0.15, 0.2) is 0 Å². The fourth-order valence-electron chi connectivity index (χ4n) is 3.27. The molecule has 21 heavy (non-hydrogen) atoms. The van der Waals surface area contributed by atoms with Gasteiger partial charge in [-0.2, -0.15) is 0 Å². The SMILES string of the molecule is CC(CCN(C)C)N1C(=O)NC(=O)C2(CCCCC2)C1=O. The van der Waals surface area contributed by atoms with E-state index in [1.165, 1.54) is 4.90 Å². The molecule has 1 aliphatic carbocycles. The van der Waals surface area contributed by atoms with Gasteiger partial charge in [0, 0.05) is 6.04 Å². The topological polar surface area (TPSA) is 69.7 Å². The van der Waals surface area contributed by atoms with E-state index >= 15 is 0 Å². The zero-order valence-electron chi connectivity index (χ0n) is 13.1. The van der Waals surface area contributed by atoms with E-state index in [4.69, 9.17) is 0 Å². The number of urea groups is 1. The zero-order valence-corrected chi connectivity index (χ0v) is 13.1. The van der Waals surface area contributed by atoms with Crippen LogP contribution in [0.1, 0.15) is 45.4 Å². The smallest absolute Gasteiger partial charge is 0.309 e. The molecule has 1 heterocycles. The van der Waals surface area contributed by atoms with Crippen LogP contribution in [0.25, 0.3) is 0 Å². The molecule has 118 valence electrons. The first-order valence-corrected chi connectivity index (χ1v) is 7.72. The highest BCUT2D eigenvalue weighted by Gasteiger charge is 2.54. The van der Waals surface area contributed by atoms with Crippen molar-refractivity contribution in [2.24, 2.45) is 5.41 Å². The fraction of sp³-hybridized carbons (Fsp3) is 0.800. The van der Waals surface area contributed by atoms with Gasteiger partial charge in [0.25, 0.3) is 0 Å². The molecule has 1 atom stereocenters. The van der Waals surface area contributed by atoms with Crippen LogP contribution in [-0.4, -0.2) is 54.3 Å². The van der Waals surface area contributed by atoms with E-state index in [2.05, 4.69) is 5.32 Å². The number of rotatable bonds is 4. The molecule has 4 amide bonds. The minimum atomic E-state index is -1.00. The van der Waals surface area contributed by atoms with Gasteiger partial charge >= 0.3 is 6.03 Å². The molecule has 6 nitrogen and oxygen atoms in total. The first-order chi connectivity index (χ1) is 9.88. The lowest BCUT2D eigenvalue weighted by Gasteiger charge is -2.43. The van der Waals surface area contributed by atoms with E-state index in [1.54, 1.807) is 0 Å². The third-order valence-corrected chi connectivity index (χ3v) is 4.64. The molecule has 2 aliphatic rings. The van der Waals surface area contributed by atoms with Crippen LogP contribution in [0.15, 0.2) is 0 Å². The zero-order chi connectivity index (χ0) is 15.6. The van der Waals surface area contributed by atoms with Gasteiger partial charge in [-0.1, -0.05) is 19.3 Å². The Morgan fingerprint density at radius 2 is 1.81 bits per heavy atom. The van der Waals surface area contributed by atoms with Crippen LogP contribution in [-0.2, 0) is 9.59 Å². The molecule has 0 radical (unpaired) electrons. The minimum Gasteiger partial charge on any atom is -0.309 e. The third-order valence-electron chi connectivity index (χ3n) is 4.64. The normalized spacial score (nSPS) is 23.6. The van der Waals surface area contributed by atoms with Crippen molar-refractivity contribution in [3.8, 4) is 0 Å². The summed E-state index contributed by atoms with van der Waals surface area (Å²) < 4.78 is 0. The van der Waals surface area contributed by atoms with Crippen LogP contribution in [0.5, 0.6) is 0 Å². The predicted octanol–water partition coefficient (Wildman–Crippen LogP) is 1.36. The summed E-state index contributed by atoms with van der Waals surface area (Å²) in [4.78, 5) is 40.5. The van der Waals surface area contributed by atoms with Gasteiger partial charge in [0.1, 0.15) is 5.41 Å². The van der Waals surface area contributed by atoms with Crippen molar-refractivity contribution in [2.75, 3.05) is 20.6 Å². The van der Waals surface area contributed by atoms with Crippen LogP contribution < -0.4 is 5.32 Å². The van der Waals surface area contributed by atoms with Crippen molar-refractivity contribution in [1.82, 2.24) is 15.1 Å². The first-order valence-electron chi connectivity index (χ1n) is 7.72. The maximum absolute atomic E-state index is 12.8. The Morgan fingerprint density at radius 3 is 2.38 bits per heavy atom. The third kappa shape index (κ3) is 2.95. The summed E-state index contributed by atoms with van der Waals surface area (Å²) in [6.07, 6.45) is 4.60. The quantitative estimate of drug-likeness (QED) is 0.795. The average Bonchev–Trinajstić information content (AvgIpc) is 2.44. The highest BCUT2D eigenvalue weighted by molar-refractivity contribution is 6.19. The number of barbiturate groups is 1. The van der Waals surface area contributed by atoms with Gasteiger partial charge < -0.3 is 4.90 Å². The molecule has 0 aromatic rings. The number of imide groups is 2. The standard InChI is InChI=1S/C15H25N3O3/c1-11(7-10-17(2)3)18-13(20)15(8-5-4-6-9-15)12(19)16-14(18)21/h11H,4-10H2,1-3H3,(H,16,19,21). The lowest BCUT2D eigenvalue weighted by atomic mass is 9.71. The molecule has 2 fully saturated rings. The molecular weight excluding hydrogens is 270 g/mol. The highest BCUT2D eigenvalue weighted by atomic mass is 16.2. The van der Waals surface area contributed by atoms with Crippen LogP contribution in [0.4, 0.5) is 4.79 Å². The van der Waals surface area contributed by atoms with Gasteiger partial charge in [0.2, 0.25) is 11.8 Å². The summed E-state index contributed by atoms with van der Waals surface area (Å²) in [5.74, 6) is -0.685. The van der Waals surface area contributed by atoms with Crippen molar-refractivity contribution in [3.63, 3.8) is 0 Å². The Hall–Kier alpha value is -1.43. The molecular formula is C15H25N3O3. The van der Waals surface area contributed by atoms with E-state index in [0.29, 0.717) is 19.3 Å². The number of amides is 4. The second kappa shape index (κ2) is 6.13. The summed E-state index contributed by atoms with van der Waals surface area (Å²) >= 11 is 0. The van der Waals surface area contributed by atoms with Gasteiger partial charge in [-0.15, -0.1) is 0 Å². The Morgan fingerprint density at radius 1 is 1.19 bits per heavy atom. The number of carbonyl (C=O) groups is 3. The van der Waals surface area contributed by atoms with Gasteiger partial charge in [-0.25, -0.2) is 4.79 Å². The van der Waals surface area contributed by atoms with Crippen LogP contribution in [0.2, 0.25) is 0 Å². The van der Waals surface area contributed by atoms with Crippen molar-refractivity contribution in [2.45, 2.75) is 51.5 Å². The van der Waals surface area contributed by atoms with Gasteiger partial charge in [-0.05, 0) is 46.8 Å². The van der Waals surface area contributed by atoms with Crippen molar-refractivity contribution < 1.29 is 14.4 Å². The number of nitrogens with one attached hydrogen (secondary N) is 1. The maximum atomic E-state index is 12.8. The van der Waals surface area contributed by atoms with Gasteiger partial charge in [0.05, 0.1) is 0 Å². The summed E-state index contributed by atoms with van der Waals surface area (Å²) in [5, 5.41) is 2.40. The first kappa shape index (κ1) is 15.9. The molecule has 1 N–H and O–H groups in total. The fourth-order valence-corrected chi connectivity index (χ4v) is 3.27. The molecule has 0 aromatic heterocycles. The second-order valence-corrected chi connectivity index (χ2v) is 6.52. The van der Waals surface area contributed by atoms with Crippen LogP contribution in [0.3, 0.4) is 0 Å². The molecule has 6 heteroatoms. The van der Waals surface area contributed by atoms with Gasteiger partial charge in [-0.3, -0.25) is 19.8 Å². The molecule has 1 unspecified atom stereocenters. The molecule has 1 aliphatic heterocycles. The monoisotopic (exact) mass is 295 g/mol. The number of nitrogens with zero attached hydrogens (tertiary/aromatic N) is 2. The predicted molar refractivity (Wildman–Crippen MR) is 78.5 cm³/mol. The summed E-state index contributed by atoms with van der Waals surface area (Å²) in [5.41, 5.74) is -1.00. The van der Waals surface area contributed by atoms with E-state index in [9.17, 15) is 14.4 Å². The largest absolute Gasteiger partial charge is 0.331 e. The molecule has 2 rings (SSSR count). The summed E-state index contributed by atoms with van der Waals surface area (Å²) in [6.45, 7) is 2.66. The highest BCUT2D eigenvalue weighted by Crippen LogP contribution is 2.40. The van der Waals surface area contributed by atoms with Crippen molar-refractivity contribution in [3.05, 3.63) is 0 Å². The van der Waals surface area contributed by atoms with Crippen molar-refractivity contribution >= 4 is 17.8 Å². The lowest BCUT2D eigenvalue weighted by molar-refractivity contribution is -0.155. The summed E-state index contributed by atoms with van der Waals surface area (Å²) in [6, 6.07) is -0.765. The Bertz CT molecular complexity index is 441. The molecule has 1 spiro atoms. The van der Waals surface area contributed by atoms with E-state index in [-0.39, 0.29) is 11.9 Å². The van der Waals surface area contributed by atoms with E-state index < -0.39 is 17.4 Å². The lowest BCUT2D eigenvalue weighted by Crippen LogP contribution is -2.66. The minimum absolute atomic E-state index is 0.202.